The zero-order valence-electron chi connectivity index (χ0n) is 11.6. The van der Waals surface area contributed by atoms with Crippen LogP contribution in [-0.4, -0.2) is 47.9 Å². The second-order valence-electron chi connectivity index (χ2n) is 5.19. The molecule has 1 unspecified atom stereocenters. The molecule has 0 spiro atoms. The van der Waals surface area contributed by atoms with Crippen molar-refractivity contribution in [2.24, 2.45) is 7.05 Å². The summed E-state index contributed by atoms with van der Waals surface area (Å²) < 4.78 is 1.82. The van der Waals surface area contributed by atoms with Crippen LogP contribution in [0.1, 0.15) is 24.1 Å². The Kier molecular flexibility index (Phi) is 3.58. The minimum atomic E-state index is 0.464. The highest BCUT2D eigenvalue weighted by atomic mass is 15.4. The maximum Gasteiger partial charge on any atom is 0.145 e. The molecule has 18 heavy (non-hydrogen) atoms. The van der Waals surface area contributed by atoms with Crippen molar-refractivity contribution in [1.29, 1.82) is 5.26 Å². The molecule has 1 fully saturated rings. The molecule has 0 radical (unpaired) electrons. The Morgan fingerprint density at radius 1 is 1.44 bits per heavy atom. The number of aromatic nitrogens is 2. The van der Waals surface area contributed by atoms with Gasteiger partial charge in [-0.15, -0.1) is 0 Å². The Labute approximate surface area is 109 Å². The van der Waals surface area contributed by atoms with E-state index in [9.17, 15) is 5.26 Å². The number of hydrogen-bond acceptors (Lipinski definition) is 4. The lowest BCUT2D eigenvalue weighted by Crippen LogP contribution is -2.45. The molecule has 0 bridgehead atoms. The maximum absolute atomic E-state index is 9.27. The Hall–Kier alpha value is -1.54. The summed E-state index contributed by atoms with van der Waals surface area (Å²) >= 11 is 0. The van der Waals surface area contributed by atoms with Gasteiger partial charge in [0.05, 0.1) is 5.69 Å². The van der Waals surface area contributed by atoms with Crippen molar-refractivity contribution in [1.82, 2.24) is 14.7 Å². The number of rotatable bonds is 2. The molecule has 0 N–H and O–H groups in total. The molecule has 0 amide bonds. The first kappa shape index (κ1) is 12.9. The van der Waals surface area contributed by atoms with Crippen molar-refractivity contribution < 1.29 is 0 Å². The van der Waals surface area contributed by atoms with Crippen LogP contribution in [0.25, 0.3) is 0 Å². The van der Waals surface area contributed by atoms with Gasteiger partial charge in [0.1, 0.15) is 17.5 Å². The summed E-state index contributed by atoms with van der Waals surface area (Å²) in [6.07, 6.45) is 2.39. The third-order valence-corrected chi connectivity index (χ3v) is 3.79. The van der Waals surface area contributed by atoms with Crippen molar-refractivity contribution in [3.63, 3.8) is 0 Å². The van der Waals surface area contributed by atoms with Gasteiger partial charge in [0.25, 0.3) is 0 Å². The molecule has 5 nitrogen and oxygen atoms in total. The SMILES string of the molecule is Cc1nn(C)c(N(C)C2CCCN(C)C2)c1C#N. The zero-order valence-corrected chi connectivity index (χ0v) is 11.6. The minimum absolute atomic E-state index is 0.464. The third-order valence-electron chi connectivity index (χ3n) is 3.79. The van der Waals surface area contributed by atoms with Crippen molar-refractivity contribution in [3.8, 4) is 6.07 Å². The fraction of sp³-hybridized carbons (Fsp3) is 0.692. The van der Waals surface area contributed by atoms with E-state index in [0.717, 1.165) is 18.1 Å². The second kappa shape index (κ2) is 4.99. The van der Waals surface area contributed by atoms with E-state index in [0.29, 0.717) is 11.6 Å². The highest BCUT2D eigenvalue weighted by molar-refractivity contribution is 5.57. The third kappa shape index (κ3) is 2.21. The Morgan fingerprint density at radius 3 is 2.78 bits per heavy atom. The van der Waals surface area contributed by atoms with E-state index in [1.54, 1.807) is 0 Å². The Balaban J connectivity index is 2.28. The molecule has 1 saturated heterocycles. The van der Waals surface area contributed by atoms with Gasteiger partial charge in [0, 0.05) is 26.7 Å². The molecule has 1 aliphatic heterocycles. The molecular formula is C13H21N5. The summed E-state index contributed by atoms with van der Waals surface area (Å²) in [5.74, 6) is 0.940. The number of nitriles is 1. The van der Waals surface area contributed by atoms with E-state index in [4.69, 9.17) is 0 Å². The monoisotopic (exact) mass is 247 g/mol. The van der Waals surface area contributed by atoms with Gasteiger partial charge < -0.3 is 9.80 Å². The van der Waals surface area contributed by atoms with Crippen LogP contribution in [0.15, 0.2) is 0 Å². The van der Waals surface area contributed by atoms with Gasteiger partial charge >= 0.3 is 0 Å². The number of anilines is 1. The number of nitrogens with zero attached hydrogens (tertiary/aromatic N) is 5. The van der Waals surface area contributed by atoms with E-state index >= 15 is 0 Å². The van der Waals surface area contributed by atoms with E-state index in [2.05, 4.69) is 35.1 Å². The first-order valence-corrected chi connectivity index (χ1v) is 6.39. The molecule has 1 aromatic heterocycles. The summed E-state index contributed by atoms with van der Waals surface area (Å²) in [5.41, 5.74) is 1.51. The first-order chi connectivity index (χ1) is 8.54. The molecule has 2 heterocycles. The van der Waals surface area contributed by atoms with Gasteiger partial charge in [0.2, 0.25) is 0 Å². The lowest BCUT2D eigenvalue weighted by molar-refractivity contribution is 0.247. The van der Waals surface area contributed by atoms with Crippen molar-refractivity contribution in [2.75, 3.05) is 32.1 Å². The van der Waals surface area contributed by atoms with Gasteiger partial charge in [-0.05, 0) is 33.4 Å². The Morgan fingerprint density at radius 2 is 2.17 bits per heavy atom. The number of hydrogen-bond donors (Lipinski definition) is 0. The summed E-state index contributed by atoms with van der Waals surface area (Å²) in [6.45, 7) is 4.11. The summed E-state index contributed by atoms with van der Waals surface area (Å²) in [7, 11) is 6.13. The highest BCUT2D eigenvalue weighted by Gasteiger charge is 2.26. The van der Waals surface area contributed by atoms with E-state index in [1.807, 2.05) is 18.7 Å². The van der Waals surface area contributed by atoms with Crippen molar-refractivity contribution in [3.05, 3.63) is 11.3 Å². The summed E-state index contributed by atoms with van der Waals surface area (Å²) in [6, 6.07) is 2.74. The minimum Gasteiger partial charge on any atom is -0.355 e. The Bertz CT molecular complexity index is 470. The molecule has 1 aliphatic rings. The predicted octanol–water partition coefficient (Wildman–Crippen LogP) is 1.13. The van der Waals surface area contributed by atoms with Crippen LogP contribution in [0, 0.1) is 18.3 Å². The average molecular weight is 247 g/mol. The molecule has 0 saturated carbocycles. The van der Waals surface area contributed by atoms with Crippen molar-refractivity contribution >= 4 is 5.82 Å². The average Bonchev–Trinajstić information content (AvgIpc) is 2.62. The van der Waals surface area contributed by atoms with E-state index in [-0.39, 0.29) is 0 Å². The van der Waals surface area contributed by atoms with Gasteiger partial charge in [-0.2, -0.15) is 10.4 Å². The second-order valence-corrected chi connectivity index (χ2v) is 5.19. The largest absolute Gasteiger partial charge is 0.355 e. The smallest absolute Gasteiger partial charge is 0.145 e. The number of piperidine rings is 1. The summed E-state index contributed by atoms with van der Waals surface area (Å²) in [4.78, 5) is 4.56. The number of likely N-dealkylation sites (tertiary alicyclic amines) is 1. The molecule has 1 atom stereocenters. The molecule has 1 aromatic rings. The van der Waals surface area contributed by atoms with Crippen LogP contribution < -0.4 is 4.90 Å². The van der Waals surface area contributed by atoms with Crippen LogP contribution >= 0.6 is 0 Å². The molecular weight excluding hydrogens is 226 g/mol. The normalized spacial score (nSPS) is 20.7. The van der Waals surface area contributed by atoms with E-state index in [1.165, 1.54) is 19.4 Å². The van der Waals surface area contributed by atoms with Gasteiger partial charge in [-0.1, -0.05) is 0 Å². The quantitative estimate of drug-likeness (QED) is 0.786. The zero-order chi connectivity index (χ0) is 13.3. The molecule has 2 rings (SSSR count). The number of aryl methyl sites for hydroxylation is 2. The first-order valence-electron chi connectivity index (χ1n) is 6.39. The fourth-order valence-electron chi connectivity index (χ4n) is 2.81. The lowest BCUT2D eigenvalue weighted by Gasteiger charge is -2.36. The van der Waals surface area contributed by atoms with Crippen LogP contribution in [-0.2, 0) is 7.05 Å². The topological polar surface area (TPSA) is 48.1 Å². The lowest BCUT2D eigenvalue weighted by atomic mass is 10.0. The highest BCUT2D eigenvalue weighted by Crippen LogP contribution is 2.25. The summed E-state index contributed by atoms with van der Waals surface area (Å²) in [5, 5.41) is 13.6. The van der Waals surface area contributed by atoms with Gasteiger partial charge in [-0.3, -0.25) is 4.68 Å². The van der Waals surface area contributed by atoms with Crippen molar-refractivity contribution in [2.45, 2.75) is 25.8 Å². The van der Waals surface area contributed by atoms with Crippen LogP contribution in [0.3, 0.4) is 0 Å². The standard InChI is InChI=1S/C13H21N5/c1-10-12(8-14)13(18(4)15-10)17(3)11-6-5-7-16(2)9-11/h11H,5-7,9H2,1-4H3. The molecule has 0 aromatic carbocycles. The van der Waals surface area contributed by atoms with E-state index < -0.39 is 0 Å². The van der Waals surface area contributed by atoms with Gasteiger partial charge in [0.15, 0.2) is 0 Å². The van der Waals surface area contributed by atoms with Crippen LogP contribution in [0.2, 0.25) is 0 Å². The van der Waals surface area contributed by atoms with Gasteiger partial charge in [-0.25, -0.2) is 0 Å². The van der Waals surface area contributed by atoms with Crippen LogP contribution in [0.4, 0.5) is 5.82 Å². The molecule has 5 heteroatoms. The van der Waals surface area contributed by atoms with Crippen LogP contribution in [0.5, 0.6) is 0 Å². The molecule has 98 valence electrons. The fourth-order valence-corrected chi connectivity index (χ4v) is 2.81. The predicted molar refractivity (Wildman–Crippen MR) is 71.6 cm³/mol. The number of likely N-dealkylation sites (N-methyl/N-ethyl adjacent to an activating group) is 2. The molecule has 0 aliphatic carbocycles. The maximum atomic E-state index is 9.27.